The molecule has 0 amide bonds. The summed E-state index contributed by atoms with van der Waals surface area (Å²) in [6.07, 6.45) is 3.64. The van der Waals surface area contributed by atoms with Gasteiger partial charge in [0.05, 0.1) is 17.6 Å². The van der Waals surface area contributed by atoms with Crippen molar-refractivity contribution >= 4 is 22.9 Å². The number of rotatable bonds is 7. The topological polar surface area (TPSA) is 24.5 Å². The number of thiophene rings is 1. The first-order valence-electron chi connectivity index (χ1n) is 6.91. The normalized spacial score (nSPS) is 18.8. The summed E-state index contributed by atoms with van der Waals surface area (Å²) in [6, 6.07) is 2.59. The average molecular weight is 303 g/mol. The van der Waals surface area contributed by atoms with E-state index in [1.165, 1.54) is 29.7 Å². The van der Waals surface area contributed by atoms with Crippen molar-refractivity contribution in [2.24, 2.45) is 0 Å². The van der Waals surface area contributed by atoms with Gasteiger partial charge in [-0.2, -0.15) is 0 Å². The van der Waals surface area contributed by atoms with Crippen LogP contribution >= 0.6 is 22.9 Å². The molecule has 2 rings (SSSR count). The van der Waals surface area contributed by atoms with Crippen LogP contribution in [0.4, 0.5) is 0 Å². The molecule has 5 heteroatoms. The summed E-state index contributed by atoms with van der Waals surface area (Å²) < 4.78 is 6.52. The van der Waals surface area contributed by atoms with Crippen molar-refractivity contribution in [2.45, 2.75) is 25.3 Å². The molecule has 1 N–H and O–H groups in total. The fourth-order valence-electron chi connectivity index (χ4n) is 2.39. The second-order valence-electron chi connectivity index (χ2n) is 5.24. The second kappa shape index (κ2) is 7.60. The molecule has 1 unspecified atom stereocenters. The van der Waals surface area contributed by atoms with Gasteiger partial charge in [0, 0.05) is 24.0 Å². The van der Waals surface area contributed by atoms with E-state index in [0.717, 1.165) is 30.6 Å². The molecular weight excluding hydrogens is 280 g/mol. The first-order chi connectivity index (χ1) is 9.16. The highest BCUT2D eigenvalue weighted by atomic mass is 35.5. The first-order valence-corrected chi connectivity index (χ1v) is 8.10. The quantitative estimate of drug-likeness (QED) is 0.784. The summed E-state index contributed by atoms with van der Waals surface area (Å²) in [5.74, 6) is 0. The molecule has 1 atom stereocenters. The van der Waals surface area contributed by atoms with Crippen LogP contribution < -0.4 is 5.32 Å². The van der Waals surface area contributed by atoms with Crippen molar-refractivity contribution in [1.82, 2.24) is 10.2 Å². The van der Waals surface area contributed by atoms with Gasteiger partial charge < -0.3 is 15.0 Å². The Morgan fingerprint density at radius 1 is 1.47 bits per heavy atom. The molecule has 1 heterocycles. The Morgan fingerprint density at radius 3 is 3.11 bits per heavy atom. The molecule has 0 spiro atoms. The van der Waals surface area contributed by atoms with E-state index >= 15 is 0 Å². The van der Waals surface area contributed by atoms with Crippen LogP contribution in [-0.4, -0.2) is 45.3 Å². The highest BCUT2D eigenvalue weighted by Gasteiger charge is 2.21. The molecule has 0 aromatic carbocycles. The predicted octanol–water partition coefficient (Wildman–Crippen LogP) is 2.95. The minimum atomic E-state index is 0.463. The van der Waals surface area contributed by atoms with E-state index in [2.05, 4.69) is 30.4 Å². The van der Waals surface area contributed by atoms with E-state index in [1.807, 2.05) is 0 Å². The molecule has 0 aliphatic heterocycles. The van der Waals surface area contributed by atoms with Crippen LogP contribution in [-0.2, 0) is 11.2 Å². The van der Waals surface area contributed by atoms with E-state index in [0.29, 0.717) is 6.04 Å². The summed E-state index contributed by atoms with van der Waals surface area (Å²) in [5, 5.41) is 3.59. The van der Waals surface area contributed by atoms with Crippen LogP contribution in [0.3, 0.4) is 0 Å². The summed E-state index contributed by atoms with van der Waals surface area (Å²) >= 11 is 7.84. The molecule has 1 aromatic heterocycles. The summed E-state index contributed by atoms with van der Waals surface area (Å²) in [6.45, 7) is 3.46. The van der Waals surface area contributed by atoms with Crippen LogP contribution in [0.5, 0.6) is 0 Å². The summed E-state index contributed by atoms with van der Waals surface area (Å²) in [4.78, 5) is 3.59. The Balaban J connectivity index is 1.69. The fourth-order valence-corrected chi connectivity index (χ4v) is 3.77. The van der Waals surface area contributed by atoms with Gasteiger partial charge in [0.15, 0.2) is 0 Å². The van der Waals surface area contributed by atoms with Crippen molar-refractivity contribution in [3.05, 3.63) is 20.8 Å². The van der Waals surface area contributed by atoms with E-state index in [1.54, 1.807) is 11.3 Å². The van der Waals surface area contributed by atoms with Gasteiger partial charge >= 0.3 is 0 Å². The summed E-state index contributed by atoms with van der Waals surface area (Å²) in [7, 11) is 4.12. The maximum absolute atomic E-state index is 6.11. The molecule has 0 radical (unpaired) electrons. The van der Waals surface area contributed by atoms with Gasteiger partial charge in [-0.3, -0.25) is 0 Å². The molecule has 108 valence electrons. The van der Waals surface area contributed by atoms with Gasteiger partial charge in [0.2, 0.25) is 0 Å². The predicted molar refractivity (Wildman–Crippen MR) is 82.4 cm³/mol. The monoisotopic (exact) mass is 302 g/mol. The number of likely N-dealkylation sites (N-methyl/N-ethyl adjacent to an activating group) is 1. The number of fused-ring (bicyclic) bond motifs is 1. The molecule has 0 saturated carbocycles. The smallest absolute Gasteiger partial charge is 0.0934 e. The number of nitrogens with zero attached hydrogens (tertiary/aromatic N) is 1. The third-order valence-corrected chi connectivity index (χ3v) is 4.74. The van der Waals surface area contributed by atoms with Gasteiger partial charge in [-0.05, 0) is 45.0 Å². The third kappa shape index (κ3) is 4.72. The molecule has 1 aliphatic rings. The Bertz CT molecular complexity index is 395. The largest absolute Gasteiger partial charge is 0.379 e. The molecular formula is C14H23ClN2OS. The van der Waals surface area contributed by atoms with E-state index in [9.17, 15) is 0 Å². The Hall–Kier alpha value is -0.130. The highest BCUT2D eigenvalue weighted by molar-refractivity contribution is 7.16. The lowest BCUT2D eigenvalue weighted by Gasteiger charge is -2.23. The Kier molecular flexibility index (Phi) is 6.10. The van der Waals surface area contributed by atoms with Crippen molar-refractivity contribution in [3.63, 3.8) is 0 Å². The lowest BCUT2D eigenvalue weighted by Crippen LogP contribution is -2.28. The van der Waals surface area contributed by atoms with E-state index < -0.39 is 0 Å². The van der Waals surface area contributed by atoms with Gasteiger partial charge in [0.1, 0.15) is 0 Å². The molecule has 0 saturated heterocycles. The average Bonchev–Trinajstić information content (AvgIpc) is 2.74. The van der Waals surface area contributed by atoms with Gasteiger partial charge in [-0.15, -0.1) is 11.3 Å². The van der Waals surface area contributed by atoms with Gasteiger partial charge in [-0.25, -0.2) is 0 Å². The zero-order valence-electron chi connectivity index (χ0n) is 11.7. The molecule has 19 heavy (non-hydrogen) atoms. The number of hydrogen-bond donors (Lipinski definition) is 1. The standard InChI is InChI=1S/C14H23ClN2OS/c1-17(2)7-9-18-8-6-16-12-4-3-5-13-11(12)10-14(15)19-13/h10,12,16H,3-9H2,1-2H3. The van der Waals surface area contributed by atoms with Crippen molar-refractivity contribution < 1.29 is 4.74 Å². The number of halogens is 1. The lowest BCUT2D eigenvalue weighted by atomic mass is 9.94. The maximum atomic E-state index is 6.11. The second-order valence-corrected chi connectivity index (χ2v) is 7.01. The molecule has 0 bridgehead atoms. The zero-order valence-corrected chi connectivity index (χ0v) is 13.3. The first kappa shape index (κ1) is 15.3. The van der Waals surface area contributed by atoms with Crippen LogP contribution in [0.25, 0.3) is 0 Å². The van der Waals surface area contributed by atoms with E-state index in [-0.39, 0.29) is 0 Å². The molecule has 1 aliphatic carbocycles. The maximum Gasteiger partial charge on any atom is 0.0934 e. The Labute approximate surface area is 124 Å². The fraction of sp³-hybridized carbons (Fsp3) is 0.714. The minimum Gasteiger partial charge on any atom is -0.379 e. The van der Waals surface area contributed by atoms with E-state index in [4.69, 9.17) is 16.3 Å². The zero-order chi connectivity index (χ0) is 13.7. The number of aryl methyl sites for hydroxylation is 1. The SMILES string of the molecule is CN(C)CCOCCNC1CCCc2sc(Cl)cc21. The van der Waals surface area contributed by atoms with Gasteiger partial charge in [0.25, 0.3) is 0 Å². The molecule has 3 nitrogen and oxygen atoms in total. The van der Waals surface area contributed by atoms with Crippen molar-refractivity contribution in [3.8, 4) is 0 Å². The number of hydrogen-bond acceptors (Lipinski definition) is 4. The van der Waals surface area contributed by atoms with Gasteiger partial charge in [-0.1, -0.05) is 11.6 Å². The lowest BCUT2D eigenvalue weighted by molar-refractivity contribution is 0.117. The molecule has 0 fully saturated rings. The Morgan fingerprint density at radius 2 is 2.32 bits per heavy atom. The van der Waals surface area contributed by atoms with Crippen molar-refractivity contribution in [2.75, 3.05) is 40.4 Å². The molecule has 1 aromatic rings. The summed E-state index contributed by atoms with van der Waals surface area (Å²) in [5.41, 5.74) is 1.41. The van der Waals surface area contributed by atoms with Crippen molar-refractivity contribution in [1.29, 1.82) is 0 Å². The minimum absolute atomic E-state index is 0.463. The highest BCUT2D eigenvalue weighted by Crippen LogP contribution is 2.37. The third-order valence-electron chi connectivity index (χ3n) is 3.40. The number of ether oxygens (including phenoxy) is 1. The van der Waals surface area contributed by atoms with Crippen LogP contribution in [0.2, 0.25) is 4.34 Å². The van der Waals surface area contributed by atoms with Crippen LogP contribution in [0.15, 0.2) is 6.07 Å². The van der Waals surface area contributed by atoms with Crippen LogP contribution in [0, 0.1) is 0 Å². The van der Waals surface area contributed by atoms with Crippen LogP contribution in [0.1, 0.15) is 29.3 Å². The number of nitrogens with one attached hydrogen (secondary N) is 1.